The SMILES string of the molecule is CC1(C)c2ccccc2-c2cc(-c3cc4ccccc4cc3N(c3ccccc3)c3ccccc3)ccc21. The minimum atomic E-state index is -0.00319. The lowest BCUT2D eigenvalue weighted by molar-refractivity contribution is 0.660. The van der Waals surface area contributed by atoms with Gasteiger partial charge in [-0.15, -0.1) is 0 Å². The molecular weight excluding hydrogens is 458 g/mol. The maximum Gasteiger partial charge on any atom is 0.0546 e. The smallest absolute Gasteiger partial charge is 0.0546 e. The summed E-state index contributed by atoms with van der Waals surface area (Å²) < 4.78 is 0. The summed E-state index contributed by atoms with van der Waals surface area (Å²) in [6, 6.07) is 50.7. The van der Waals surface area contributed by atoms with Gasteiger partial charge in [-0.3, -0.25) is 0 Å². The predicted octanol–water partition coefficient (Wildman–Crippen LogP) is 10.3. The Hall–Kier alpha value is -4.62. The Bertz CT molecular complexity index is 1740. The van der Waals surface area contributed by atoms with E-state index in [0.717, 1.165) is 11.4 Å². The molecule has 0 atom stereocenters. The second kappa shape index (κ2) is 8.75. The van der Waals surface area contributed by atoms with Gasteiger partial charge in [0.1, 0.15) is 0 Å². The van der Waals surface area contributed by atoms with E-state index in [1.807, 2.05) is 0 Å². The minimum absolute atomic E-state index is 0.00319. The number of nitrogens with zero attached hydrogens (tertiary/aromatic N) is 1. The summed E-state index contributed by atoms with van der Waals surface area (Å²) >= 11 is 0. The number of hydrogen-bond acceptors (Lipinski definition) is 1. The van der Waals surface area contributed by atoms with Gasteiger partial charge in [-0.1, -0.05) is 111 Å². The molecule has 1 nitrogen and oxygen atoms in total. The van der Waals surface area contributed by atoms with Crippen LogP contribution in [-0.2, 0) is 5.41 Å². The Morgan fingerprint density at radius 2 is 1.00 bits per heavy atom. The first-order chi connectivity index (χ1) is 18.6. The van der Waals surface area contributed by atoms with E-state index in [0.29, 0.717) is 0 Å². The molecule has 7 rings (SSSR count). The Morgan fingerprint density at radius 1 is 0.447 bits per heavy atom. The third-order valence-electron chi connectivity index (χ3n) is 8.03. The highest BCUT2D eigenvalue weighted by molar-refractivity contribution is 5.99. The van der Waals surface area contributed by atoms with Crippen molar-refractivity contribution in [3.05, 3.63) is 151 Å². The van der Waals surface area contributed by atoms with Crippen LogP contribution in [0.3, 0.4) is 0 Å². The Labute approximate surface area is 224 Å². The Morgan fingerprint density at radius 3 is 1.68 bits per heavy atom. The molecule has 0 spiro atoms. The van der Waals surface area contributed by atoms with E-state index in [9.17, 15) is 0 Å². The first-order valence-electron chi connectivity index (χ1n) is 13.3. The van der Waals surface area contributed by atoms with Crippen LogP contribution in [0.1, 0.15) is 25.0 Å². The van der Waals surface area contributed by atoms with Gasteiger partial charge in [0.15, 0.2) is 0 Å². The molecule has 6 aromatic carbocycles. The van der Waals surface area contributed by atoms with Crippen LogP contribution in [0.25, 0.3) is 33.0 Å². The molecule has 182 valence electrons. The number of benzene rings is 6. The lowest BCUT2D eigenvalue weighted by Gasteiger charge is -2.28. The molecule has 1 aliphatic carbocycles. The van der Waals surface area contributed by atoms with Crippen molar-refractivity contribution in [2.75, 3.05) is 4.90 Å². The van der Waals surface area contributed by atoms with Gasteiger partial charge in [0.25, 0.3) is 0 Å². The zero-order valence-corrected chi connectivity index (χ0v) is 21.7. The molecule has 0 amide bonds. The van der Waals surface area contributed by atoms with Crippen molar-refractivity contribution in [2.24, 2.45) is 0 Å². The van der Waals surface area contributed by atoms with E-state index in [1.54, 1.807) is 0 Å². The topological polar surface area (TPSA) is 3.24 Å². The van der Waals surface area contributed by atoms with Gasteiger partial charge >= 0.3 is 0 Å². The lowest BCUT2D eigenvalue weighted by atomic mass is 9.82. The van der Waals surface area contributed by atoms with E-state index in [-0.39, 0.29) is 5.41 Å². The van der Waals surface area contributed by atoms with Crippen molar-refractivity contribution in [3.63, 3.8) is 0 Å². The molecule has 38 heavy (non-hydrogen) atoms. The largest absolute Gasteiger partial charge is 0.310 e. The lowest BCUT2D eigenvalue weighted by Crippen LogP contribution is -2.14. The van der Waals surface area contributed by atoms with Crippen LogP contribution in [0.5, 0.6) is 0 Å². The second-order valence-corrected chi connectivity index (χ2v) is 10.7. The van der Waals surface area contributed by atoms with Crippen molar-refractivity contribution in [1.82, 2.24) is 0 Å². The van der Waals surface area contributed by atoms with E-state index < -0.39 is 0 Å². The molecule has 0 saturated carbocycles. The van der Waals surface area contributed by atoms with Crippen LogP contribution in [0.4, 0.5) is 17.1 Å². The summed E-state index contributed by atoms with van der Waals surface area (Å²) in [6.07, 6.45) is 0. The van der Waals surface area contributed by atoms with Gasteiger partial charge in [0.05, 0.1) is 5.69 Å². The van der Waals surface area contributed by atoms with E-state index in [4.69, 9.17) is 0 Å². The third-order valence-corrected chi connectivity index (χ3v) is 8.03. The molecule has 0 bridgehead atoms. The van der Waals surface area contributed by atoms with E-state index >= 15 is 0 Å². The van der Waals surface area contributed by atoms with Gasteiger partial charge in [-0.05, 0) is 81.1 Å². The van der Waals surface area contributed by atoms with Crippen molar-refractivity contribution < 1.29 is 0 Å². The molecule has 0 heterocycles. The highest BCUT2D eigenvalue weighted by Crippen LogP contribution is 2.51. The first kappa shape index (κ1) is 22.6. The number of rotatable bonds is 4. The van der Waals surface area contributed by atoms with Crippen molar-refractivity contribution >= 4 is 27.8 Å². The highest BCUT2D eigenvalue weighted by Gasteiger charge is 2.35. The molecule has 0 unspecified atom stereocenters. The molecular formula is C37H29N. The van der Waals surface area contributed by atoms with Crippen molar-refractivity contribution in [1.29, 1.82) is 0 Å². The monoisotopic (exact) mass is 487 g/mol. The fraction of sp³-hybridized carbons (Fsp3) is 0.0811. The van der Waals surface area contributed by atoms with E-state index in [2.05, 4.69) is 158 Å². The summed E-state index contributed by atoms with van der Waals surface area (Å²) in [7, 11) is 0. The maximum absolute atomic E-state index is 2.41. The van der Waals surface area contributed by atoms with Crippen LogP contribution in [0.2, 0.25) is 0 Å². The Balaban J connectivity index is 1.51. The molecule has 1 aliphatic rings. The summed E-state index contributed by atoms with van der Waals surface area (Å²) in [5.41, 5.74) is 11.4. The van der Waals surface area contributed by atoms with Gasteiger partial charge in [-0.2, -0.15) is 0 Å². The molecule has 1 heteroatoms. The van der Waals surface area contributed by atoms with Gasteiger partial charge < -0.3 is 4.90 Å². The summed E-state index contributed by atoms with van der Waals surface area (Å²) in [6.45, 7) is 4.68. The van der Waals surface area contributed by atoms with Crippen molar-refractivity contribution in [3.8, 4) is 22.3 Å². The molecule has 0 fully saturated rings. The fourth-order valence-corrected chi connectivity index (χ4v) is 6.11. The van der Waals surface area contributed by atoms with Crippen LogP contribution < -0.4 is 4.90 Å². The molecule has 0 aromatic heterocycles. The third kappa shape index (κ3) is 3.55. The molecule has 0 radical (unpaired) electrons. The van der Waals surface area contributed by atoms with Gasteiger partial charge in [-0.25, -0.2) is 0 Å². The first-order valence-corrected chi connectivity index (χ1v) is 13.3. The quantitative estimate of drug-likeness (QED) is 0.239. The summed E-state index contributed by atoms with van der Waals surface area (Å²) in [4.78, 5) is 2.38. The maximum atomic E-state index is 2.41. The molecule has 6 aromatic rings. The number of fused-ring (bicyclic) bond motifs is 4. The zero-order valence-electron chi connectivity index (χ0n) is 21.7. The second-order valence-electron chi connectivity index (χ2n) is 10.7. The standard InChI is InChI=1S/C37H29N/c1-37(2)34-20-12-11-19-31(34)33-24-28(21-22-35(33)37)32-23-26-13-9-10-14-27(26)25-36(32)38(29-15-5-3-6-16-29)30-17-7-4-8-18-30/h3-25H,1-2H3. The van der Waals surface area contributed by atoms with Crippen molar-refractivity contribution in [2.45, 2.75) is 19.3 Å². The number of anilines is 3. The average Bonchev–Trinajstić information content (AvgIpc) is 3.20. The predicted molar refractivity (Wildman–Crippen MR) is 162 cm³/mol. The normalized spacial score (nSPS) is 13.2. The van der Waals surface area contributed by atoms with Crippen LogP contribution in [0, 0.1) is 0 Å². The van der Waals surface area contributed by atoms with Crippen LogP contribution in [-0.4, -0.2) is 0 Å². The zero-order chi connectivity index (χ0) is 25.7. The van der Waals surface area contributed by atoms with Crippen LogP contribution >= 0.6 is 0 Å². The fourth-order valence-electron chi connectivity index (χ4n) is 6.11. The minimum Gasteiger partial charge on any atom is -0.310 e. The summed E-state index contributed by atoms with van der Waals surface area (Å²) in [5, 5.41) is 2.48. The average molecular weight is 488 g/mol. The molecule has 0 aliphatic heterocycles. The van der Waals surface area contributed by atoms with Crippen LogP contribution in [0.15, 0.2) is 140 Å². The number of para-hydroxylation sites is 2. The molecule has 0 N–H and O–H groups in total. The van der Waals surface area contributed by atoms with E-state index in [1.165, 1.54) is 49.8 Å². The summed E-state index contributed by atoms with van der Waals surface area (Å²) in [5.74, 6) is 0. The highest BCUT2D eigenvalue weighted by atomic mass is 15.1. The molecule has 0 saturated heterocycles. The van der Waals surface area contributed by atoms with Gasteiger partial charge in [0.2, 0.25) is 0 Å². The Kier molecular flexibility index (Phi) is 5.19. The number of hydrogen-bond donors (Lipinski definition) is 0. The van der Waals surface area contributed by atoms with Gasteiger partial charge in [0, 0.05) is 22.4 Å².